The van der Waals surface area contributed by atoms with E-state index < -0.39 is 0 Å². The zero-order valence-corrected chi connectivity index (χ0v) is 9.03. The van der Waals surface area contributed by atoms with E-state index in [1.807, 2.05) is 6.07 Å². The van der Waals surface area contributed by atoms with Gasteiger partial charge in [-0.1, -0.05) is 12.8 Å². The fourth-order valence-corrected chi connectivity index (χ4v) is 3.10. The van der Waals surface area contributed by atoms with Gasteiger partial charge in [0.1, 0.15) is 0 Å². The average Bonchev–Trinajstić information content (AvgIpc) is 2.88. The number of anilines is 1. The van der Waals surface area contributed by atoms with Crippen LogP contribution >= 0.6 is 0 Å². The lowest BCUT2D eigenvalue weighted by molar-refractivity contribution is -0.384. The first-order valence-corrected chi connectivity index (χ1v) is 5.74. The minimum absolute atomic E-state index is 0.182. The summed E-state index contributed by atoms with van der Waals surface area (Å²) in [6.45, 7) is 0.948. The lowest BCUT2D eigenvalue weighted by Gasteiger charge is -2.22. The SMILES string of the molecule is O=[N+]([O-])c1ccc2c(c1)C1(CCCC1)CN2. The maximum Gasteiger partial charge on any atom is 0.269 e. The van der Waals surface area contributed by atoms with Gasteiger partial charge in [-0.15, -0.1) is 0 Å². The summed E-state index contributed by atoms with van der Waals surface area (Å²) in [5.74, 6) is 0. The van der Waals surface area contributed by atoms with Crippen molar-refractivity contribution in [3.63, 3.8) is 0 Å². The van der Waals surface area contributed by atoms with E-state index in [2.05, 4.69) is 5.32 Å². The van der Waals surface area contributed by atoms with E-state index in [-0.39, 0.29) is 16.0 Å². The molecule has 1 spiro atoms. The number of nitro benzene ring substituents is 1. The second kappa shape index (κ2) is 3.20. The van der Waals surface area contributed by atoms with Crippen LogP contribution in [0.1, 0.15) is 31.2 Å². The molecule has 1 aliphatic carbocycles. The van der Waals surface area contributed by atoms with E-state index in [9.17, 15) is 10.1 Å². The van der Waals surface area contributed by atoms with Crippen LogP contribution in [0.15, 0.2) is 18.2 Å². The largest absolute Gasteiger partial charge is 0.384 e. The van der Waals surface area contributed by atoms with Gasteiger partial charge in [0.05, 0.1) is 4.92 Å². The molecule has 4 heteroatoms. The molecule has 0 radical (unpaired) electrons. The molecule has 0 bridgehead atoms. The van der Waals surface area contributed by atoms with Crippen LogP contribution in [0.2, 0.25) is 0 Å². The molecule has 1 N–H and O–H groups in total. The van der Waals surface area contributed by atoms with Crippen LogP contribution in [0.5, 0.6) is 0 Å². The molecule has 0 aromatic heterocycles. The predicted molar refractivity (Wildman–Crippen MR) is 61.7 cm³/mol. The molecule has 0 saturated heterocycles. The molecule has 16 heavy (non-hydrogen) atoms. The van der Waals surface area contributed by atoms with Crippen LogP contribution in [0, 0.1) is 10.1 Å². The van der Waals surface area contributed by atoms with Gasteiger partial charge in [-0.25, -0.2) is 0 Å². The standard InChI is InChI=1S/C12H14N2O2/c15-14(16)9-3-4-11-10(7-9)12(8-13-11)5-1-2-6-12/h3-4,7,13H,1-2,5-6,8H2. The van der Waals surface area contributed by atoms with Crippen LogP contribution in [-0.2, 0) is 5.41 Å². The molecule has 0 amide bonds. The highest BCUT2D eigenvalue weighted by Crippen LogP contribution is 2.48. The van der Waals surface area contributed by atoms with Crippen molar-refractivity contribution in [2.45, 2.75) is 31.1 Å². The Morgan fingerprint density at radius 2 is 2.06 bits per heavy atom. The Bertz CT molecular complexity index is 450. The molecule has 1 heterocycles. The van der Waals surface area contributed by atoms with Gasteiger partial charge >= 0.3 is 0 Å². The molecule has 1 saturated carbocycles. The molecule has 4 nitrogen and oxygen atoms in total. The van der Waals surface area contributed by atoms with Crippen LogP contribution in [0.3, 0.4) is 0 Å². The van der Waals surface area contributed by atoms with Crippen molar-refractivity contribution < 1.29 is 4.92 Å². The summed E-state index contributed by atoms with van der Waals surface area (Å²) >= 11 is 0. The van der Waals surface area contributed by atoms with Gasteiger partial charge < -0.3 is 5.32 Å². The Kier molecular flexibility index (Phi) is 1.93. The topological polar surface area (TPSA) is 55.2 Å². The summed E-state index contributed by atoms with van der Waals surface area (Å²) in [4.78, 5) is 10.5. The Labute approximate surface area is 93.8 Å². The highest BCUT2D eigenvalue weighted by atomic mass is 16.6. The number of nitrogens with one attached hydrogen (secondary N) is 1. The van der Waals surface area contributed by atoms with Crippen LogP contribution in [0.4, 0.5) is 11.4 Å². The minimum Gasteiger partial charge on any atom is -0.384 e. The summed E-state index contributed by atoms with van der Waals surface area (Å²) in [7, 11) is 0. The number of nitro groups is 1. The van der Waals surface area contributed by atoms with Gasteiger partial charge in [0.25, 0.3) is 5.69 Å². The molecule has 84 valence electrons. The molecular weight excluding hydrogens is 204 g/mol. The van der Waals surface area contributed by atoms with E-state index >= 15 is 0 Å². The van der Waals surface area contributed by atoms with Gasteiger partial charge in [0.2, 0.25) is 0 Å². The van der Waals surface area contributed by atoms with Gasteiger partial charge in [0.15, 0.2) is 0 Å². The summed E-state index contributed by atoms with van der Waals surface area (Å²) in [5, 5.41) is 14.2. The van der Waals surface area contributed by atoms with Gasteiger partial charge in [-0.05, 0) is 24.5 Å². The fraction of sp³-hybridized carbons (Fsp3) is 0.500. The highest BCUT2D eigenvalue weighted by molar-refractivity contribution is 5.64. The van der Waals surface area contributed by atoms with Gasteiger partial charge in [-0.3, -0.25) is 10.1 Å². The van der Waals surface area contributed by atoms with E-state index in [0.29, 0.717) is 0 Å². The maximum absolute atomic E-state index is 10.8. The number of nitrogens with zero attached hydrogens (tertiary/aromatic N) is 1. The van der Waals surface area contributed by atoms with Crippen molar-refractivity contribution in [3.8, 4) is 0 Å². The Hall–Kier alpha value is -1.58. The van der Waals surface area contributed by atoms with E-state index in [4.69, 9.17) is 0 Å². The third-order valence-electron chi connectivity index (χ3n) is 3.96. The van der Waals surface area contributed by atoms with Crippen molar-refractivity contribution in [2.75, 3.05) is 11.9 Å². The smallest absolute Gasteiger partial charge is 0.269 e. The quantitative estimate of drug-likeness (QED) is 0.582. The zero-order chi connectivity index (χ0) is 11.2. The van der Waals surface area contributed by atoms with Crippen molar-refractivity contribution in [2.24, 2.45) is 0 Å². The van der Waals surface area contributed by atoms with E-state index in [1.54, 1.807) is 12.1 Å². The summed E-state index contributed by atoms with van der Waals surface area (Å²) in [6, 6.07) is 5.20. The molecule has 0 atom stereocenters. The molecule has 1 aliphatic heterocycles. The summed E-state index contributed by atoms with van der Waals surface area (Å²) in [6.07, 6.45) is 4.80. The summed E-state index contributed by atoms with van der Waals surface area (Å²) in [5.41, 5.74) is 2.65. The molecule has 2 aliphatic rings. The maximum atomic E-state index is 10.8. The fourth-order valence-electron chi connectivity index (χ4n) is 3.10. The van der Waals surface area contributed by atoms with Crippen molar-refractivity contribution in [1.29, 1.82) is 0 Å². The molecule has 0 unspecified atom stereocenters. The molecule has 1 aromatic rings. The van der Waals surface area contributed by atoms with E-state index in [0.717, 1.165) is 25.1 Å². The minimum atomic E-state index is -0.304. The first kappa shape index (κ1) is 9.63. The number of rotatable bonds is 1. The van der Waals surface area contributed by atoms with E-state index in [1.165, 1.54) is 18.4 Å². The van der Waals surface area contributed by atoms with Gasteiger partial charge in [0, 0.05) is 29.8 Å². The second-order valence-electron chi connectivity index (χ2n) is 4.83. The summed E-state index contributed by atoms with van der Waals surface area (Å²) < 4.78 is 0. The monoisotopic (exact) mass is 218 g/mol. The van der Waals surface area contributed by atoms with Gasteiger partial charge in [-0.2, -0.15) is 0 Å². The van der Waals surface area contributed by atoms with Crippen LogP contribution < -0.4 is 5.32 Å². The third-order valence-corrected chi connectivity index (χ3v) is 3.96. The van der Waals surface area contributed by atoms with Crippen molar-refractivity contribution >= 4 is 11.4 Å². The van der Waals surface area contributed by atoms with Crippen molar-refractivity contribution in [1.82, 2.24) is 0 Å². The number of benzene rings is 1. The predicted octanol–water partition coefficient (Wildman–Crippen LogP) is 2.83. The first-order chi connectivity index (χ1) is 7.71. The Balaban J connectivity index is 2.09. The van der Waals surface area contributed by atoms with Crippen LogP contribution in [-0.4, -0.2) is 11.5 Å². The molecule has 3 rings (SSSR count). The molecular formula is C12H14N2O2. The zero-order valence-electron chi connectivity index (χ0n) is 9.03. The molecule has 1 fully saturated rings. The molecule has 1 aromatic carbocycles. The lowest BCUT2D eigenvalue weighted by Crippen LogP contribution is -2.24. The first-order valence-electron chi connectivity index (χ1n) is 5.74. The normalized spacial score (nSPS) is 20.8. The average molecular weight is 218 g/mol. The third kappa shape index (κ3) is 1.22. The van der Waals surface area contributed by atoms with Crippen molar-refractivity contribution in [3.05, 3.63) is 33.9 Å². The van der Waals surface area contributed by atoms with Crippen LogP contribution in [0.25, 0.3) is 0 Å². The Morgan fingerprint density at radius 3 is 2.75 bits per heavy atom. The number of fused-ring (bicyclic) bond motifs is 2. The Morgan fingerprint density at radius 1 is 1.31 bits per heavy atom. The number of hydrogen-bond donors (Lipinski definition) is 1. The number of hydrogen-bond acceptors (Lipinski definition) is 3. The lowest BCUT2D eigenvalue weighted by atomic mass is 9.81. The number of non-ortho nitro benzene ring substituents is 1. The second-order valence-corrected chi connectivity index (χ2v) is 4.83. The highest BCUT2D eigenvalue weighted by Gasteiger charge is 2.41.